The summed E-state index contributed by atoms with van der Waals surface area (Å²) in [6.45, 7) is 2.14. The van der Waals surface area contributed by atoms with E-state index in [1.165, 1.54) is 25.7 Å². The third-order valence-corrected chi connectivity index (χ3v) is 2.93. The van der Waals surface area contributed by atoms with Crippen molar-refractivity contribution in [3.05, 3.63) is 0 Å². The van der Waals surface area contributed by atoms with Crippen molar-refractivity contribution in [3.8, 4) is 12.3 Å². The molecule has 0 bridgehead atoms. The van der Waals surface area contributed by atoms with Crippen molar-refractivity contribution in [3.63, 3.8) is 0 Å². The Morgan fingerprint density at radius 2 is 2.21 bits per heavy atom. The number of methoxy groups -OCH3 is 1. The third-order valence-electron chi connectivity index (χ3n) is 2.93. The average Bonchev–Trinajstić information content (AvgIpc) is 2.19. The molecule has 3 unspecified atom stereocenters. The van der Waals surface area contributed by atoms with E-state index in [2.05, 4.69) is 18.2 Å². The summed E-state index contributed by atoms with van der Waals surface area (Å²) in [6.07, 6.45) is 11.4. The monoisotopic (exact) mass is 195 g/mol. The van der Waals surface area contributed by atoms with E-state index < -0.39 is 0 Å². The lowest BCUT2D eigenvalue weighted by atomic mass is 9.92. The van der Waals surface area contributed by atoms with Gasteiger partial charge < -0.3 is 10.1 Å². The van der Waals surface area contributed by atoms with Gasteiger partial charge in [0, 0.05) is 25.6 Å². The van der Waals surface area contributed by atoms with Crippen LogP contribution < -0.4 is 5.32 Å². The molecule has 0 heterocycles. The summed E-state index contributed by atoms with van der Waals surface area (Å²) in [7, 11) is 1.80. The van der Waals surface area contributed by atoms with Crippen LogP contribution >= 0.6 is 0 Å². The smallest absolute Gasteiger partial charge is 0.0724 e. The molecule has 2 nitrogen and oxygen atoms in total. The van der Waals surface area contributed by atoms with E-state index in [-0.39, 0.29) is 0 Å². The first-order valence-corrected chi connectivity index (χ1v) is 5.50. The van der Waals surface area contributed by atoms with E-state index in [0.29, 0.717) is 18.2 Å². The molecule has 1 fully saturated rings. The third kappa shape index (κ3) is 3.32. The minimum Gasteiger partial charge on any atom is -0.380 e. The molecule has 1 N–H and O–H groups in total. The summed E-state index contributed by atoms with van der Waals surface area (Å²) in [5.41, 5.74) is 0. The molecule has 1 rings (SSSR count). The van der Waals surface area contributed by atoms with Crippen molar-refractivity contribution < 1.29 is 4.74 Å². The highest BCUT2D eigenvalue weighted by Gasteiger charge is 2.25. The first-order valence-electron chi connectivity index (χ1n) is 5.50. The van der Waals surface area contributed by atoms with E-state index in [4.69, 9.17) is 11.2 Å². The van der Waals surface area contributed by atoms with Gasteiger partial charge in [-0.3, -0.25) is 0 Å². The van der Waals surface area contributed by atoms with Crippen molar-refractivity contribution in [2.45, 2.75) is 57.2 Å². The van der Waals surface area contributed by atoms with Gasteiger partial charge >= 0.3 is 0 Å². The van der Waals surface area contributed by atoms with E-state index in [0.717, 1.165) is 6.42 Å². The van der Waals surface area contributed by atoms with Crippen molar-refractivity contribution in [1.29, 1.82) is 0 Å². The topological polar surface area (TPSA) is 21.3 Å². The zero-order chi connectivity index (χ0) is 10.4. The Balaban J connectivity index is 2.36. The number of hydrogen-bond donors (Lipinski definition) is 1. The van der Waals surface area contributed by atoms with Crippen LogP contribution in [-0.4, -0.2) is 25.3 Å². The van der Waals surface area contributed by atoms with Gasteiger partial charge in [-0.05, 0) is 19.8 Å². The van der Waals surface area contributed by atoms with Gasteiger partial charge in [-0.1, -0.05) is 12.8 Å². The molecule has 2 heteroatoms. The van der Waals surface area contributed by atoms with Crippen LogP contribution in [0.5, 0.6) is 0 Å². The maximum atomic E-state index is 5.47. The Morgan fingerprint density at radius 3 is 2.86 bits per heavy atom. The molecule has 1 aliphatic carbocycles. The largest absolute Gasteiger partial charge is 0.380 e. The van der Waals surface area contributed by atoms with Gasteiger partial charge in [-0.25, -0.2) is 0 Å². The highest BCUT2D eigenvalue weighted by molar-refractivity contribution is 4.91. The molecule has 0 amide bonds. The van der Waals surface area contributed by atoms with Gasteiger partial charge in [-0.15, -0.1) is 12.3 Å². The van der Waals surface area contributed by atoms with Crippen LogP contribution in [0.25, 0.3) is 0 Å². The molecule has 1 aliphatic rings. The number of nitrogens with one attached hydrogen (secondary N) is 1. The van der Waals surface area contributed by atoms with E-state index in [1.54, 1.807) is 7.11 Å². The standard InChI is InChI=1S/C12H21NO/c1-4-7-10(2)13-11-8-5-6-9-12(11)14-3/h1,10-13H,5-9H2,2-3H3. The van der Waals surface area contributed by atoms with Crippen molar-refractivity contribution in [2.24, 2.45) is 0 Å². The van der Waals surface area contributed by atoms with Gasteiger partial charge in [0.25, 0.3) is 0 Å². The van der Waals surface area contributed by atoms with E-state index >= 15 is 0 Å². The number of hydrogen-bond acceptors (Lipinski definition) is 2. The molecule has 0 spiro atoms. The van der Waals surface area contributed by atoms with Crippen molar-refractivity contribution in [2.75, 3.05) is 7.11 Å². The minimum absolute atomic E-state index is 0.379. The normalized spacial score (nSPS) is 29.5. The second-order valence-corrected chi connectivity index (χ2v) is 4.14. The van der Waals surface area contributed by atoms with E-state index in [1.807, 2.05) is 0 Å². The van der Waals surface area contributed by atoms with Gasteiger partial charge in [0.15, 0.2) is 0 Å². The average molecular weight is 195 g/mol. The molecule has 0 aromatic rings. The van der Waals surface area contributed by atoms with Crippen molar-refractivity contribution in [1.82, 2.24) is 5.32 Å². The number of terminal acetylenes is 1. The number of ether oxygens (including phenoxy) is 1. The number of rotatable bonds is 4. The molecule has 1 saturated carbocycles. The van der Waals surface area contributed by atoms with Crippen molar-refractivity contribution >= 4 is 0 Å². The van der Waals surface area contributed by atoms with Crippen LogP contribution in [0.4, 0.5) is 0 Å². The molecule has 80 valence electrons. The maximum Gasteiger partial charge on any atom is 0.0724 e. The van der Waals surface area contributed by atoms with Crippen LogP contribution in [0.3, 0.4) is 0 Å². The summed E-state index contributed by atoms with van der Waals surface area (Å²) >= 11 is 0. The molecule has 14 heavy (non-hydrogen) atoms. The molecule has 0 radical (unpaired) electrons. The summed E-state index contributed by atoms with van der Waals surface area (Å²) in [5.74, 6) is 2.69. The zero-order valence-corrected chi connectivity index (χ0v) is 9.25. The lowest BCUT2D eigenvalue weighted by molar-refractivity contribution is 0.0386. The minimum atomic E-state index is 0.379. The predicted molar refractivity (Wildman–Crippen MR) is 59.1 cm³/mol. The Morgan fingerprint density at radius 1 is 1.50 bits per heavy atom. The Kier molecular flexibility index (Phi) is 5.00. The quantitative estimate of drug-likeness (QED) is 0.692. The molecular formula is C12H21NO. The summed E-state index contributed by atoms with van der Waals surface area (Å²) in [4.78, 5) is 0. The summed E-state index contributed by atoms with van der Waals surface area (Å²) in [5, 5.41) is 3.55. The van der Waals surface area contributed by atoms with Gasteiger partial charge in [0.1, 0.15) is 0 Å². The molecule has 0 aromatic heterocycles. The van der Waals surface area contributed by atoms with Gasteiger partial charge in [0.05, 0.1) is 6.10 Å². The predicted octanol–water partition coefficient (Wildman–Crippen LogP) is 1.95. The first kappa shape index (κ1) is 11.6. The first-order chi connectivity index (χ1) is 6.77. The Labute approximate surface area is 87.4 Å². The lowest BCUT2D eigenvalue weighted by Gasteiger charge is -2.33. The molecule has 0 saturated heterocycles. The second-order valence-electron chi connectivity index (χ2n) is 4.14. The lowest BCUT2D eigenvalue weighted by Crippen LogP contribution is -2.46. The Hall–Kier alpha value is -0.520. The SMILES string of the molecule is C#CCC(C)NC1CCCCC1OC. The van der Waals surface area contributed by atoms with Crippen LogP contribution in [0, 0.1) is 12.3 Å². The fourth-order valence-corrected chi connectivity index (χ4v) is 2.17. The van der Waals surface area contributed by atoms with E-state index in [9.17, 15) is 0 Å². The Bertz CT molecular complexity index is 197. The highest BCUT2D eigenvalue weighted by atomic mass is 16.5. The molecule has 0 aromatic carbocycles. The second kappa shape index (κ2) is 6.06. The van der Waals surface area contributed by atoms with Gasteiger partial charge in [0.2, 0.25) is 0 Å². The van der Waals surface area contributed by atoms with Crippen LogP contribution in [0.2, 0.25) is 0 Å². The van der Waals surface area contributed by atoms with Gasteiger partial charge in [-0.2, -0.15) is 0 Å². The fraction of sp³-hybridized carbons (Fsp3) is 0.833. The molecule has 0 aliphatic heterocycles. The van der Waals surface area contributed by atoms with Crippen LogP contribution in [0.15, 0.2) is 0 Å². The summed E-state index contributed by atoms with van der Waals surface area (Å²) in [6, 6.07) is 0.901. The maximum absolute atomic E-state index is 5.47. The summed E-state index contributed by atoms with van der Waals surface area (Å²) < 4.78 is 5.47. The molecular weight excluding hydrogens is 174 g/mol. The molecule has 3 atom stereocenters. The van der Waals surface area contributed by atoms with Crippen LogP contribution in [0.1, 0.15) is 39.0 Å². The zero-order valence-electron chi connectivity index (χ0n) is 9.25. The highest BCUT2D eigenvalue weighted by Crippen LogP contribution is 2.21. The van der Waals surface area contributed by atoms with Crippen LogP contribution in [-0.2, 0) is 4.74 Å². The fourth-order valence-electron chi connectivity index (χ4n) is 2.17.